The van der Waals surface area contributed by atoms with Crippen LogP contribution in [0.2, 0.25) is 0 Å². The van der Waals surface area contributed by atoms with Crippen molar-refractivity contribution in [1.29, 1.82) is 0 Å². The highest BCUT2D eigenvalue weighted by atomic mass is 79.9. The number of carboxylic acid groups (broad SMARTS) is 1. The van der Waals surface area contributed by atoms with E-state index in [9.17, 15) is 9.59 Å². The largest absolute Gasteiger partial charge is 0.481 e. The molecule has 0 heterocycles. The molecule has 1 rings (SSSR count). The number of halogens is 2. The number of benzene rings is 1. The first-order valence-corrected chi connectivity index (χ1v) is 8.30. The lowest BCUT2D eigenvalue weighted by atomic mass is 10.1. The van der Waals surface area contributed by atoms with Crippen LogP contribution >= 0.6 is 31.9 Å². The van der Waals surface area contributed by atoms with Gasteiger partial charge in [-0.25, -0.2) is 4.79 Å². The van der Waals surface area contributed by atoms with E-state index in [1.54, 1.807) is 0 Å². The first-order valence-electron chi connectivity index (χ1n) is 6.71. The zero-order chi connectivity index (χ0) is 15.7. The van der Waals surface area contributed by atoms with Gasteiger partial charge in [-0.15, -0.1) is 0 Å². The van der Waals surface area contributed by atoms with E-state index in [0.29, 0.717) is 18.7 Å². The molecular weight excluding hydrogens is 404 g/mol. The molecule has 3 N–H and O–H groups in total. The van der Waals surface area contributed by atoms with Gasteiger partial charge in [0.25, 0.3) is 0 Å². The number of carboxylic acids is 1. The molecule has 0 spiro atoms. The van der Waals surface area contributed by atoms with Crippen LogP contribution in [-0.2, 0) is 4.79 Å². The molecule has 0 aliphatic carbocycles. The minimum Gasteiger partial charge on any atom is -0.481 e. The van der Waals surface area contributed by atoms with Crippen LogP contribution in [-0.4, -0.2) is 23.7 Å². The molecule has 116 valence electrons. The fraction of sp³-hybridized carbons (Fsp3) is 0.429. The minimum atomic E-state index is -0.758. The van der Waals surface area contributed by atoms with Crippen molar-refractivity contribution in [3.05, 3.63) is 27.1 Å². The summed E-state index contributed by atoms with van der Waals surface area (Å²) >= 11 is 6.75. The van der Waals surface area contributed by atoms with Crippen LogP contribution in [0.3, 0.4) is 0 Å². The van der Waals surface area contributed by atoms with Gasteiger partial charge in [-0.3, -0.25) is 4.79 Å². The number of carbonyl (C=O) groups excluding carboxylic acids is 1. The fourth-order valence-electron chi connectivity index (χ4n) is 1.73. The van der Waals surface area contributed by atoms with Crippen molar-refractivity contribution in [2.24, 2.45) is 0 Å². The van der Waals surface area contributed by atoms with Gasteiger partial charge in [-0.2, -0.15) is 0 Å². The summed E-state index contributed by atoms with van der Waals surface area (Å²) in [6.07, 6.45) is 3.51. The van der Waals surface area contributed by atoms with Gasteiger partial charge in [0.05, 0.1) is 5.69 Å². The van der Waals surface area contributed by atoms with Crippen molar-refractivity contribution >= 4 is 49.5 Å². The van der Waals surface area contributed by atoms with E-state index in [1.165, 1.54) is 0 Å². The maximum absolute atomic E-state index is 11.8. The quantitative estimate of drug-likeness (QED) is 0.545. The summed E-state index contributed by atoms with van der Waals surface area (Å²) in [6.45, 7) is 0.570. The van der Waals surface area contributed by atoms with Gasteiger partial charge in [0.1, 0.15) is 0 Å². The molecule has 0 saturated heterocycles. The zero-order valence-electron chi connectivity index (χ0n) is 11.5. The van der Waals surface area contributed by atoms with Crippen molar-refractivity contribution in [3.63, 3.8) is 0 Å². The van der Waals surface area contributed by atoms with Crippen molar-refractivity contribution < 1.29 is 14.7 Å². The summed E-state index contributed by atoms with van der Waals surface area (Å²) in [5, 5.41) is 14.1. The van der Waals surface area contributed by atoms with E-state index in [4.69, 9.17) is 5.11 Å². The third kappa shape index (κ3) is 7.47. The first kappa shape index (κ1) is 18.0. The minimum absolute atomic E-state index is 0.212. The molecule has 0 atom stereocenters. The zero-order valence-corrected chi connectivity index (χ0v) is 14.7. The number of urea groups is 1. The van der Waals surface area contributed by atoms with Gasteiger partial charge >= 0.3 is 12.0 Å². The van der Waals surface area contributed by atoms with Crippen molar-refractivity contribution in [1.82, 2.24) is 5.32 Å². The Kier molecular flexibility index (Phi) is 8.37. The second-order valence-electron chi connectivity index (χ2n) is 4.54. The molecular formula is C14H18Br2N2O3. The third-order valence-electron chi connectivity index (χ3n) is 2.80. The lowest BCUT2D eigenvalue weighted by molar-refractivity contribution is -0.137. The fourth-order valence-corrected chi connectivity index (χ4v) is 2.93. The summed E-state index contributed by atoms with van der Waals surface area (Å²) < 4.78 is 1.61. The Bertz CT molecular complexity index is 475. The summed E-state index contributed by atoms with van der Waals surface area (Å²) in [5.41, 5.74) is 0.691. The topological polar surface area (TPSA) is 78.4 Å². The summed E-state index contributed by atoms with van der Waals surface area (Å²) in [4.78, 5) is 22.1. The molecule has 0 saturated carbocycles. The molecule has 1 aromatic carbocycles. The van der Waals surface area contributed by atoms with E-state index in [2.05, 4.69) is 42.5 Å². The number of anilines is 1. The van der Waals surface area contributed by atoms with E-state index >= 15 is 0 Å². The molecule has 0 aliphatic heterocycles. The monoisotopic (exact) mass is 420 g/mol. The van der Waals surface area contributed by atoms with Crippen LogP contribution in [0.4, 0.5) is 10.5 Å². The van der Waals surface area contributed by atoms with Gasteiger partial charge in [-0.1, -0.05) is 18.9 Å². The highest BCUT2D eigenvalue weighted by Crippen LogP contribution is 2.30. The number of nitrogens with one attached hydrogen (secondary N) is 2. The molecule has 5 nitrogen and oxygen atoms in total. The Morgan fingerprint density at radius 3 is 2.29 bits per heavy atom. The van der Waals surface area contributed by atoms with E-state index in [0.717, 1.165) is 28.2 Å². The highest BCUT2D eigenvalue weighted by Gasteiger charge is 2.08. The molecule has 0 fully saturated rings. The number of rotatable bonds is 8. The standard InChI is InChI=1S/C14H18Br2N2O3/c15-10-6-5-7-11(16)13(10)18-14(21)17-9-4-2-1-3-8-12(19)20/h5-7H,1-4,8-9H2,(H,19,20)(H2,17,18,21). The van der Waals surface area contributed by atoms with Crippen LogP contribution in [0.25, 0.3) is 0 Å². The Morgan fingerprint density at radius 1 is 1.05 bits per heavy atom. The van der Waals surface area contributed by atoms with Gasteiger partial charge in [0, 0.05) is 21.9 Å². The number of aliphatic carboxylic acids is 1. The summed E-state index contributed by atoms with van der Waals surface area (Å²) in [5.74, 6) is -0.758. The summed E-state index contributed by atoms with van der Waals surface area (Å²) in [6, 6.07) is 5.31. The second kappa shape index (κ2) is 9.78. The lowest BCUT2D eigenvalue weighted by Crippen LogP contribution is -2.29. The summed E-state index contributed by atoms with van der Waals surface area (Å²) in [7, 11) is 0. The average molecular weight is 422 g/mol. The van der Waals surface area contributed by atoms with Crippen LogP contribution in [0, 0.1) is 0 Å². The van der Waals surface area contributed by atoms with Gasteiger partial charge in [0.15, 0.2) is 0 Å². The molecule has 1 aromatic rings. The Balaban J connectivity index is 2.19. The predicted octanol–water partition coefficient (Wildman–Crippen LogP) is 4.37. The first-order chi connectivity index (χ1) is 10.0. The number of amides is 2. The average Bonchev–Trinajstić information content (AvgIpc) is 2.41. The number of para-hydroxylation sites is 1. The number of unbranched alkanes of at least 4 members (excludes halogenated alkanes) is 3. The Morgan fingerprint density at radius 2 is 1.67 bits per heavy atom. The maximum Gasteiger partial charge on any atom is 0.319 e. The molecule has 2 amide bonds. The van der Waals surface area contributed by atoms with Crippen molar-refractivity contribution in [3.8, 4) is 0 Å². The molecule has 0 bridgehead atoms. The van der Waals surface area contributed by atoms with Crippen molar-refractivity contribution in [2.75, 3.05) is 11.9 Å². The lowest BCUT2D eigenvalue weighted by Gasteiger charge is -2.10. The smallest absolute Gasteiger partial charge is 0.319 e. The van der Waals surface area contributed by atoms with Gasteiger partial charge in [0.2, 0.25) is 0 Å². The van der Waals surface area contributed by atoms with Crippen molar-refractivity contribution in [2.45, 2.75) is 32.1 Å². The molecule has 0 unspecified atom stereocenters. The van der Waals surface area contributed by atoms with E-state index < -0.39 is 5.97 Å². The molecule has 0 aromatic heterocycles. The molecule has 7 heteroatoms. The second-order valence-corrected chi connectivity index (χ2v) is 6.24. The van der Waals surface area contributed by atoms with Crippen LogP contribution in [0.1, 0.15) is 32.1 Å². The number of hydrogen-bond donors (Lipinski definition) is 3. The Hall–Kier alpha value is -1.08. The SMILES string of the molecule is O=C(O)CCCCCCNC(=O)Nc1c(Br)cccc1Br. The van der Waals surface area contributed by atoms with Crippen LogP contribution in [0.15, 0.2) is 27.1 Å². The number of hydrogen-bond acceptors (Lipinski definition) is 2. The maximum atomic E-state index is 11.8. The van der Waals surface area contributed by atoms with E-state index in [1.807, 2.05) is 18.2 Å². The number of carbonyl (C=O) groups is 2. The molecule has 0 aliphatic rings. The highest BCUT2D eigenvalue weighted by molar-refractivity contribution is 9.11. The Labute approximate surface area is 140 Å². The normalized spacial score (nSPS) is 10.2. The third-order valence-corrected chi connectivity index (χ3v) is 4.13. The van der Waals surface area contributed by atoms with Crippen LogP contribution < -0.4 is 10.6 Å². The molecule has 21 heavy (non-hydrogen) atoms. The van der Waals surface area contributed by atoms with Gasteiger partial charge in [-0.05, 0) is 56.8 Å². The van der Waals surface area contributed by atoms with Gasteiger partial charge < -0.3 is 15.7 Å². The molecule has 0 radical (unpaired) electrons. The van der Waals surface area contributed by atoms with E-state index in [-0.39, 0.29) is 12.5 Å². The van der Waals surface area contributed by atoms with Crippen LogP contribution in [0.5, 0.6) is 0 Å². The predicted molar refractivity (Wildman–Crippen MR) is 89.6 cm³/mol.